The van der Waals surface area contributed by atoms with E-state index in [1.165, 1.54) is 0 Å². The summed E-state index contributed by atoms with van der Waals surface area (Å²) in [7, 11) is -3.29. The molecule has 0 atom stereocenters. The van der Waals surface area contributed by atoms with Gasteiger partial charge in [-0.15, -0.1) is 0 Å². The Hall–Kier alpha value is -2.44. The van der Waals surface area contributed by atoms with Crippen molar-refractivity contribution >= 4 is 10.0 Å². The Morgan fingerprint density at radius 1 is 0.963 bits per heavy atom. The average Bonchev–Trinajstić information content (AvgIpc) is 3.04. The van der Waals surface area contributed by atoms with Gasteiger partial charge in [-0.05, 0) is 37.5 Å². The lowest BCUT2D eigenvalue weighted by molar-refractivity contribution is 0.538. The third-order valence-electron chi connectivity index (χ3n) is 4.32. The molecule has 0 unspecified atom stereocenters. The normalized spacial score (nSPS) is 11.6. The molecule has 5 nitrogen and oxygen atoms in total. The van der Waals surface area contributed by atoms with Gasteiger partial charge in [0.05, 0.1) is 11.4 Å². The predicted molar refractivity (Wildman–Crippen MR) is 107 cm³/mol. The Kier molecular flexibility index (Phi) is 6.42. The lowest BCUT2D eigenvalue weighted by atomic mass is 10.1. The van der Waals surface area contributed by atoms with Crippen molar-refractivity contribution in [3.8, 4) is 11.5 Å². The van der Waals surface area contributed by atoms with Crippen molar-refractivity contribution in [2.24, 2.45) is 0 Å². The van der Waals surface area contributed by atoms with Gasteiger partial charge in [0, 0.05) is 18.5 Å². The molecule has 3 rings (SSSR count). The maximum atomic E-state index is 12.2. The topological polar surface area (TPSA) is 72.2 Å². The fourth-order valence-corrected chi connectivity index (χ4v) is 3.95. The third-order valence-corrected chi connectivity index (χ3v) is 5.79. The molecule has 3 aromatic rings. The zero-order valence-electron chi connectivity index (χ0n) is 15.4. The van der Waals surface area contributed by atoms with E-state index in [0.717, 1.165) is 29.0 Å². The van der Waals surface area contributed by atoms with E-state index < -0.39 is 10.0 Å². The van der Waals surface area contributed by atoms with Crippen LogP contribution in [0.25, 0.3) is 11.5 Å². The molecule has 0 saturated carbocycles. The number of nitrogens with zero attached hydrogens (tertiary/aromatic N) is 1. The lowest BCUT2D eigenvalue weighted by Crippen LogP contribution is -2.28. The second-order valence-electron chi connectivity index (χ2n) is 6.44. The Bertz CT molecular complexity index is 952. The Morgan fingerprint density at radius 3 is 2.33 bits per heavy atom. The molecule has 0 saturated heterocycles. The molecule has 0 radical (unpaired) electrons. The largest absolute Gasteiger partial charge is 0.441 e. The molecule has 1 aromatic heterocycles. The maximum Gasteiger partial charge on any atom is 0.226 e. The number of aromatic nitrogens is 1. The first-order valence-corrected chi connectivity index (χ1v) is 10.7. The van der Waals surface area contributed by atoms with Gasteiger partial charge in [0.1, 0.15) is 5.76 Å². The van der Waals surface area contributed by atoms with Gasteiger partial charge in [0.2, 0.25) is 15.9 Å². The first-order valence-electron chi connectivity index (χ1n) is 9.06. The molecular formula is C21H24N2O3S. The second-order valence-corrected chi connectivity index (χ2v) is 8.37. The Morgan fingerprint density at radius 2 is 1.63 bits per heavy atom. The van der Waals surface area contributed by atoms with Crippen molar-refractivity contribution in [3.63, 3.8) is 0 Å². The molecule has 0 aliphatic rings. The van der Waals surface area contributed by atoms with Crippen LogP contribution in [-0.2, 0) is 22.9 Å². The van der Waals surface area contributed by atoms with Crippen LogP contribution in [0.4, 0.5) is 0 Å². The summed E-state index contributed by atoms with van der Waals surface area (Å²) in [6.07, 6.45) is 1.85. The zero-order valence-corrected chi connectivity index (χ0v) is 16.2. The smallest absolute Gasteiger partial charge is 0.226 e. The first kappa shape index (κ1) is 19.3. The summed E-state index contributed by atoms with van der Waals surface area (Å²) in [6, 6.07) is 19.6. The van der Waals surface area contributed by atoms with Crippen LogP contribution < -0.4 is 4.72 Å². The van der Waals surface area contributed by atoms with E-state index in [4.69, 9.17) is 4.42 Å². The molecule has 1 heterocycles. The van der Waals surface area contributed by atoms with Crippen LogP contribution in [0, 0.1) is 6.92 Å². The van der Waals surface area contributed by atoms with Crippen LogP contribution in [0.5, 0.6) is 0 Å². The van der Waals surface area contributed by atoms with Crippen molar-refractivity contribution in [2.75, 3.05) is 12.3 Å². The van der Waals surface area contributed by atoms with Crippen LogP contribution in [0.3, 0.4) is 0 Å². The predicted octanol–water partition coefficient (Wildman–Crippen LogP) is 3.74. The minimum Gasteiger partial charge on any atom is -0.441 e. The van der Waals surface area contributed by atoms with Crippen LogP contribution in [0.2, 0.25) is 0 Å². The van der Waals surface area contributed by atoms with Gasteiger partial charge in [-0.25, -0.2) is 18.1 Å². The first-order chi connectivity index (χ1) is 13.0. The number of benzene rings is 2. The highest BCUT2D eigenvalue weighted by Crippen LogP contribution is 2.21. The van der Waals surface area contributed by atoms with E-state index >= 15 is 0 Å². The molecule has 6 heteroatoms. The van der Waals surface area contributed by atoms with Gasteiger partial charge in [-0.2, -0.15) is 0 Å². The van der Waals surface area contributed by atoms with Gasteiger partial charge < -0.3 is 4.42 Å². The minimum absolute atomic E-state index is 0.120. The summed E-state index contributed by atoms with van der Waals surface area (Å²) < 4.78 is 32.7. The Balaban J connectivity index is 1.48. The van der Waals surface area contributed by atoms with Gasteiger partial charge in [0.25, 0.3) is 0 Å². The lowest BCUT2D eigenvalue weighted by Gasteiger charge is -2.06. The summed E-state index contributed by atoms with van der Waals surface area (Å²) in [5.41, 5.74) is 2.84. The molecule has 142 valence electrons. The van der Waals surface area contributed by atoms with Gasteiger partial charge in [0.15, 0.2) is 0 Å². The maximum absolute atomic E-state index is 12.2. The van der Waals surface area contributed by atoms with Crippen molar-refractivity contribution < 1.29 is 12.8 Å². The van der Waals surface area contributed by atoms with Crippen LogP contribution >= 0.6 is 0 Å². The number of sulfonamides is 1. The standard InChI is InChI=1S/C21H24N2O3S/c1-17-20(23-21(26-17)19-12-6-3-7-13-19)14-15-22-27(24,25)16-8-11-18-9-4-2-5-10-18/h2-7,9-10,12-13,22H,8,11,14-16H2,1H3. The quantitative estimate of drug-likeness (QED) is 0.610. The number of hydrogen-bond acceptors (Lipinski definition) is 4. The summed E-state index contributed by atoms with van der Waals surface area (Å²) >= 11 is 0. The van der Waals surface area contributed by atoms with E-state index in [9.17, 15) is 8.42 Å². The summed E-state index contributed by atoms with van der Waals surface area (Å²) in [4.78, 5) is 4.50. The van der Waals surface area contributed by atoms with E-state index in [-0.39, 0.29) is 5.75 Å². The van der Waals surface area contributed by atoms with Crippen LogP contribution in [0.1, 0.15) is 23.4 Å². The van der Waals surface area contributed by atoms with Crippen molar-refractivity contribution in [1.82, 2.24) is 9.71 Å². The highest BCUT2D eigenvalue weighted by atomic mass is 32.2. The SMILES string of the molecule is Cc1oc(-c2ccccc2)nc1CCNS(=O)(=O)CCCc1ccccc1. The van der Waals surface area contributed by atoms with Gasteiger partial charge in [-0.3, -0.25) is 0 Å². The average molecular weight is 385 g/mol. The molecule has 1 N–H and O–H groups in total. The van der Waals surface area contributed by atoms with E-state index in [0.29, 0.717) is 25.3 Å². The Labute approximate surface area is 160 Å². The van der Waals surface area contributed by atoms with E-state index in [1.54, 1.807) is 0 Å². The fraction of sp³-hybridized carbons (Fsp3) is 0.286. The minimum atomic E-state index is -3.29. The zero-order chi connectivity index (χ0) is 19.1. The van der Waals surface area contributed by atoms with Gasteiger partial charge in [-0.1, -0.05) is 48.5 Å². The van der Waals surface area contributed by atoms with Crippen molar-refractivity contribution in [1.29, 1.82) is 0 Å². The monoisotopic (exact) mass is 384 g/mol. The molecule has 0 aliphatic heterocycles. The molecule has 2 aromatic carbocycles. The van der Waals surface area contributed by atoms with Crippen molar-refractivity contribution in [2.45, 2.75) is 26.2 Å². The molecule has 0 aliphatic carbocycles. The van der Waals surface area contributed by atoms with Crippen molar-refractivity contribution in [3.05, 3.63) is 77.7 Å². The summed E-state index contributed by atoms with van der Waals surface area (Å²) in [5, 5.41) is 0. The highest BCUT2D eigenvalue weighted by molar-refractivity contribution is 7.89. The number of oxazole rings is 1. The highest BCUT2D eigenvalue weighted by Gasteiger charge is 2.13. The summed E-state index contributed by atoms with van der Waals surface area (Å²) in [5.74, 6) is 1.40. The number of aryl methyl sites for hydroxylation is 2. The fourth-order valence-electron chi connectivity index (χ4n) is 2.87. The number of nitrogens with one attached hydrogen (secondary N) is 1. The number of hydrogen-bond donors (Lipinski definition) is 1. The van der Waals surface area contributed by atoms with Crippen LogP contribution in [-0.4, -0.2) is 25.7 Å². The molecular weight excluding hydrogens is 360 g/mol. The molecule has 0 fully saturated rings. The molecule has 0 spiro atoms. The molecule has 27 heavy (non-hydrogen) atoms. The van der Waals surface area contributed by atoms with Crippen LogP contribution in [0.15, 0.2) is 65.1 Å². The van der Waals surface area contributed by atoms with Gasteiger partial charge >= 0.3 is 0 Å². The number of rotatable bonds is 9. The summed E-state index contributed by atoms with van der Waals surface area (Å²) in [6.45, 7) is 2.17. The third kappa shape index (κ3) is 5.77. The molecule has 0 bridgehead atoms. The molecule has 0 amide bonds. The van der Waals surface area contributed by atoms with E-state index in [2.05, 4.69) is 9.71 Å². The van der Waals surface area contributed by atoms with E-state index in [1.807, 2.05) is 67.6 Å². The second kappa shape index (κ2) is 8.97.